The van der Waals surface area contributed by atoms with Crippen LogP contribution in [0.1, 0.15) is 0 Å². The molecule has 0 bridgehead atoms. The van der Waals surface area contributed by atoms with Gasteiger partial charge in [0.2, 0.25) is 0 Å². The zero-order valence-electron chi connectivity index (χ0n) is 10.4. The second kappa shape index (κ2) is 5.89. The standard InChI is InChI=1S/C10H7Cl2F3N6O/c11-4-1-3(22-10(13,14)15)2-5(12)6(4)18-19-7-8(16)20-21-9(7)17/h1-2H,(H5,16,17,20,21). The summed E-state index contributed by atoms with van der Waals surface area (Å²) in [4.78, 5) is 0. The maximum absolute atomic E-state index is 12.1. The Hall–Kier alpha value is -2.20. The van der Waals surface area contributed by atoms with Crippen LogP contribution in [0.3, 0.4) is 0 Å². The van der Waals surface area contributed by atoms with E-state index in [4.69, 9.17) is 34.7 Å². The number of nitrogens with one attached hydrogen (secondary N) is 1. The van der Waals surface area contributed by atoms with Crippen LogP contribution < -0.4 is 16.2 Å². The molecule has 0 saturated heterocycles. The van der Waals surface area contributed by atoms with Gasteiger partial charge in [0.15, 0.2) is 11.5 Å². The number of H-pyrrole nitrogens is 1. The van der Waals surface area contributed by atoms with Gasteiger partial charge in [-0.05, 0) is 0 Å². The van der Waals surface area contributed by atoms with E-state index in [1.165, 1.54) is 0 Å². The molecule has 1 heterocycles. The van der Waals surface area contributed by atoms with E-state index in [0.29, 0.717) is 0 Å². The van der Waals surface area contributed by atoms with E-state index in [2.05, 4.69) is 25.2 Å². The van der Waals surface area contributed by atoms with E-state index in [-0.39, 0.29) is 33.1 Å². The highest BCUT2D eigenvalue weighted by atomic mass is 35.5. The van der Waals surface area contributed by atoms with Crippen molar-refractivity contribution in [3.63, 3.8) is 0 Å². The first-order chi connectivity index (χ1) is 10.2. The van der Waals surface area contributed by atoms with Gasteiger partial charge in [-0.15, -0.1) is 23.4 Å². The fourth-order valence-corrected chi connectivity index (χ4v) is 1.94. The summed E-state index contributed by atoms with van der Waals surface area (Å²) < 4.78 is 40.1. The molecule has 1 aromatic carbocycles. The lowest BCUT2D eigenvalue weighted by molar-refractivity contribution is -0.274. The Morgan fingerprint density at radius 3 is 2.09 bits per heavy atom. The van der Waals surface area contributed by atoms with Crippen LogP contribution in [-0.2, 0) is 0 Å². The highest BCUT2D eigenvalue weighted by Gasteiger charge is 2.31. The van der Waals surface area contributed by atoms with E-state index in [0.717, 1.165) is 12.1 Å². The molecule has 2 aromatic rings. The second-order valence-corrected chi connectivity index (χ2v) is 4.67. The number of alkyl halides is 3. The van der Waals surface area contributed by atoms with Gasteiger partial charge < -0.3 is 16.2 Å². The summed E-state index contributed by atoms with van der Waals surface area (Å²) >= 11 is 11.6. The van der Waals surface area contributed by atoms with Gasteiger partial charge in [-0.2, -0.15) is 5.10 Å². The Bertz CT molecular complexity index is 687. The first kappa shape index (κ1) is 16.2. The molecule has 1 aromatic heterocycles. The van der Waals surface area contributed by atoms with Crippen molar-refractivity contribution in [3.8, 4) is 5.75 Å². The first-order valence-corrected chi connectivity index (χ1v) is 6.19. The van der Waals surface area contributed by atoms with Gasteiger partial charge in [-0.1, -0.05) is 23.2 Å². The number of halogens is 5. The number of benzene rings is 1. The van der Waals surface area contributed by atoms with Crippen molar-refractivity contribution in [3.05, 3.63) is 22.2 Å². The maximum atomic E-state index is 12.1. The van der Waals surface area contributed by atoms with Crippen LogP contribution >= 0.6 is 23.2 Å². The summed E-state index contributed by atoms with van der Waals surface area (Å²) in [6.45, 7) is 0. The molecule has 0 aliphatic heterocycles. The van der Waals surface area contributed by atoms with Crippen LogP contribution in [0.25, 0.3) is 0 Å². The van der Waals surface area contributed by atoms with Gasteiger partial charge in [0.05, 0.1) is 10.0 Å². The lowest BCUT2D eigenvalue weighted by atomic mass is 10.3. The highest BCUT2D eigenvalue weighted by Crippen LogP contribution is 2.40. The third-order valence-electron chi connectivity index (χ3n) is 2.27. The number of azo groups is 1. The molecule has 0 atom stereocenters. The predicted octanol–water partition coefficient (Wildman–Crippen LogP) is 4.19. The Morgan fingerprint density at radius 1 is 1.09 bits per heavy atom. The molecule has 0 aliphatic carbocycles. The van der Waals surface area contributed by atoms with E-state index < -0.39 is 12.1 Å². The molecule has 0 aliphatic rings. The number of aromatic nitrogens is 2. The van der Waals surface area contributed by atoms with Crippen molar-refractivity contribution < 1.29 is 17.9 Å². The molecule has 2 rings (SSSR count). The van der Waals surface area contributed by atoms with E-state index >= 15 is 0 Å². The van der Waals surface area contributed by atoms with Gasteiger partial charge >= 0.3 is 6.36 Å². The zero-order valence-corrected chi connectivity index (χ0v) is 12.0. The summed E-state index contributed by atoms with van der Waals surface area (Å²) in [5.74, 6) is -0.528. The molecular formula is C10H7Cl2F3N6O. The average molecular weight is 355 g/mol. The summed E-state index contributed by atoms with van der Waals surface area (Å²) in [5, 5.41) is 13.0. The van der Waals surface area contributed by atoms with Crippen LogP contribution in [0.15, 0.2) is 22.4 Å². The van der Waals surface area contributed by atoms with Crippen molar-refractivity contribution in [2.75, 3.05) is 11.5 Å². The number of hydrogen-bond acceptors (Lipinski definition) is 6. The number of nitrogens with zero attached hydrogens (tertiary/aromatic N) is 3. The molecule has 0 saturated carbocycles. The number of rotatable bonds is 3. The molecule has 12 heteroatoms. The lowest BCUT2D eigenvalue weighted by Crippen LogP contribution is -2.17. The SMILES string of the molecule is Nc1n[nH]c(N)c1N=Nc1c(Cl)cc(OC(F)(F)F)cc1Cl. The molecule has 22 heavy (non-hydrogen) atoms. The average Bonchev–Trinajstić information content (AvgIpc) is 2.67. The molecule has 118 valence electrons. The van der Waals surface area contributed by atoms with E-state index in [1.54, 1.807) is 0 Å². The molecule has 0 spiro atoms. The third kappa shape index (κ3) is 3.71. The van der Waals surface area contributed by atoms with E-state index in [9.17, 15) is 13.2 Å². The van der Waals surface area contributed by atoms with Gasteiger partial charge in [0.1, 0.15) is 17.3 Å². The van der Waals surface area contributed by atoms with Crippen LogP contribution in [0.5, 0.6) is 5.75 Å². The van der Waals surface area contributed by atoms with Crippen LogP contribution in [0, 0.1) is 0 Å². The minimum Gasteiger partial charge on any atom is -0.406 e. The van der Waals surface area contributed by atoms with Crippen LogP contribution in [0.2, 0.25) is 10.0 Å². The zero-order chi connectivity index (χ0) is 16.5. The van der Waals surface area contributed by atoms with Crippen molar-refractivity contribution in [1.82, 2.24) is 10.2 Å². The summed E-state index contributed by atoms with van der Waals surface area (Å²) in [5.41, 5.74) is 11.0. The van der Waals surface area contributed by atoms with Gasteiger partial charge in [-0.25, -0.2) is 0 Å². The third-order valence-corrected chi connectivity index (χ3v) is 2.84. The van der Waals surface area contributed by atoms with Crippen molar-refractivity contribution >= 4 is 46.2 Å². The highest BCUT2D eigenvalue weighted by molar-refractivity contribution is 6.38. The van der Waals surface area contributed by atoms with Crippen LogP contribution in [-0.4, -0.2) is 16.6 Å². The Kier molecular flexibility index (Phi) is 4.33. The second-order valence-electron chi connectivity index (χ2n) is 3.85. The monoisotopic (exact) mass is 354 g/mol. The summed E-state index contributed by atoms with van der Waals surface area (Å²) in [6, 6.07) is 1.80. The van der Waals surface area contributed by atoms with Gasteiger partial charge in [0, 0.05) is 12.1 Å². The quantitative estimate of drug-likeness (QED) is 0.716. The van der Waals surface area contributed by atoms with Crippen molar-refractivity contribution in [2.24, 2.45) is 10.2 Å². The first-order valence-electron chi connectivity index (χ1n) is 5.43. The van der Waals surface area contributed by atoms with Gasteiger partial charge in [-0.3, -0.25) is 5.10 Å². The Balaban J connectivity index is 2.33. The molecule has 0 fully saturated rings. The number of ether oxygens (including phenoxy) is 1. The largest absolute Gasteiger partial charge is 0.573 e. The Morgan fingerprint density at radius 2 is 1.64 bits per heavy atom. The molecule has 5 N–H and O–H groups in total. The minimum absolute atomic E-state index is 0.00878. The number of nitrogen functional groups attached to an aromatic ring is 2. The number of aromatic amines is 1. The fraction of sp³-hybridized carbons (Fsp3) is 0.100. The molecule has 7 nitrogen and oxygen atoms in total. The lowest BCUT2D eigenvalue weighted by Gasteiger charge is -2.10. The smallest absolute Gasteiger partial charge is 0.406 e. The molecule has 0 amide bonds. The summed E-state index contributed by atoms with van der Waals surface area (Å²) in [7, 11) is 0. The molecular weight excluding hydrogens is 348 g/mol. The number of anilines is 2. The fourth-order valence-electron chi connectivity index (χ4n) is 1.40. The summed E-state index contributed by atoms with van der Waals surface area (Å²) in [6.07, 6.45) is -4.87. The van der Waals surface area contributed by atoms with Crippen molar-refractivity contribution in [1.29, 1.82) is 0 Å². The van der Waals surface area contributed by atoms with Gasteiger partial charge in [0.25, 0.3) is 0 Å². The predicted molar refractivity (Wildman–Crippen MR) is 74.7 cm³/mol. The number of nitrogens with two attached hydrogens (primary N) is 2. The minimum atomic E-state index is -4.87. The molecule has 0 radical (unpaired) electrons. The Labute approximate surface area is 131 Å². The topological polar surface area (TPSA) is 115 Å². The van der Waals surface area contributed by atoms with E-state index in [1.807, 2.05) is 0 Å². The molecule has 0 unspecified atom stereocenters. The van der Waals surface area contributed by atoms with Crippen molar-refractivity contribution in [2.45, 2.75) is 6.36 Å². The maximum Gasteiger partial charge on any atom is 0.573 e. The normalized spacial score (nSPS) is 12.0. The number of hydrogen-bond donors (Lipinski definition) is 3. The van der Waals surface area contributed by atoms with Crippen LogP contribution in [0.4, 0.5) is 36.2 Å².